The van der Waals surface area contributed by atoms with Gasteiger partial charge in [0.15, 0.2) is 0 Å². The number of hydrogen-bond donors (Lipinski definition) is 1. The molecule has 568 valence electrons. The van der Waals surface area contributed by atoms with E-state index in [1.807, 2.05) is 0 Å². The van der Waals surface area contributed by atoms with Crippen LogP contribution in [-0.4, -0.2) is 206 Å². The molecule has 94 heavy (non-hydrogen) atoms. The molecule has 0 unspecified atom stereocenters. The van der Waals surface area contributed by atoms with Crippen molar-refractivity contribution < 1.29 is 4.89 Å². The van der Waals surface area contributed by atoms with Gasteiger partial charge in [0.05, 0.1) is 0 Å². The zero-order valence-electron chi connectivity index (χ0n) is 71.7. The fraction of sp³-hybridized carbons (Fsp3) is 1.00. The van der Waals surface area contributed by atoms with Crippen LogP contribution in [0.3, 0.4) is 0 Å². The van der Waals surface area contributed by atoms with E-state index in [0.717, 1.165) is 0 Å². The molecule has 1 N–H and O–H groups in total. The van der Waals surface area contributed by atoms with Crippen LogP contribution in [0.4, 0.5) is 0 Å². The Hall–Kier alpha value is 0.830. The molecule has 0 bridgehead atoms. The SMILES string of the molecule is CC(C)N(C(C)C)P(=NP(O)(N=P(N(C(C)C)C(C)C)(N(C(C)C)C(C)C)N(C(C)C)C(C)C)(N=P(N(C(C)C)C(C)C)(N(C(C)C)C(C)C)N(C(C)C)C(C)C)N=P(N(C(C)C)C(C)C)(N(C(C)C)C(C)C)N(C(C)C)C(C)C)(N(C(C)C)C(C)C)N(C(C)C)C(C)C. The average Bonchev–Trinajstić information content (AvgIpc) is 3.27. The molecule has 17 nitrogen and oxygen atoms in total. The van der Waals surface area contributed by atoms with Crippen molar-refractivity contribution in [2.24, 2.45) is 18.1 Å². The van der Waals surface area contributed by atoms with Crippen molar-refractivity contribution in [3.8, 4) is 0 Å². The molecule has 0 aromatic carbocycles. The van der Waals surface area contributed by atoms with Crippen molar-refractivity contribution in [2.45, 2.75) is 477 Å². The van der Waals surface area contributed by atoms with Gasteiger partial charge in [-0.15, -0.1) is 0 Å². The molecule has 22 heteroatoms. The van der Waals surface area contributed by atoms with Crippen molar-refractivity contribution in [3.63, 3.8) is 0 Å². The quantitative estimate of drug-likeness (QED) is 0.0589. The van der Waals surface area contributed by atoms with Gasteiger partial charge in [-0.1, -0.05) is 0 Å². The normalized spacial score (nSPS) is 15.4. The van der Waals surface area contributed by atoms with Gasteiger partial charge in [-0.05, 0) is 0 Å². The Morgan fingerprint density at radius 1 is 0.149 bits per heavy atom. The third kappa shape index (κ3) is 20.2. The predicted molar refractivity (Wildman–Crippen MR) is 432 cm³/mol. The predicted octanol–water partition coefficient (Wildman–Crippen LogP) is 23.3. The Labute approximate surface area is 590 Å². The van der Waals surface area contributed by atoms with Gasteiger partial charge in [0.25, 0.3) is 0 Å². The molecule has 0 rings (SSSR count). The average molecular weight is 1430 g/mol. The van der Waals surface area contributed by atoms with Crippen LogP contribution in [0.15, 0.2) is 18.1 Å². The first-order chi connectivity index (χ1) is 42.3. The zero-order valence-corrected chi connectivity index (χ0v) is 76.2. The van der Waals surface area contributed by atoms with Gasteiger partial charge >= 0.3 is 594 Å². The van der Waals surface area contributed by atoms with E-state index in [4.69, 9.17) is 18.1 Å². The summed E-state index contributed by atoms with van der Waals surface area (Å²) in [6.07, 6.45) is 0. The molecule has 0 atom stereocenters. The summed E-state index contributed by atoms with van der Waals surface area (Å²) >= 11 is 0. The van der Waals surface area contributed by atoms with Gasteiger partial charge in [-0.3, -0.25) is 0 Å². The van der Waals surface area contributed by atoms with Gasteiger partial charge in [0.1, 0.15) is 0 Å². The summed E-state index contributed by atoms with van der Waals surface area (Å²) in [5, 5.41) is 0. The van der Waals surface area contributed by atoms with Gasteiger partial charge in [0.2, 0.25) is 0 Å². The molecule has 0 fully saturated rings. The van der Waals surface area contributed by atoms with Crippen LogP contribution in [-0.2, 0) is 0 Å². The van der Waals surface area contributed by atoms with E-state index in [0.29, 0.717) is 0 Å². The second-order valence-corrected chi connectivity index (χ2v) is 48.7. The Morgan fingerprint density at radius 3 is 0.245 bits per heavy atom. The summed E-state index contributed by atoms with van der Waals surface area (Å²) in [7, 11) is -21.7. The van der Waals surface area contributed by atoms with Crippen LogP contribution < -0.4 is 0 Å². The fourth-order valence-corrected chi connectivity index (χ4v) is 49.4. The van der Waals surface area contributed by atoms with Crippen LogP contribution in [0.2, 0.25) is 0 Å². The number of rotatable bonds is 40. The summed E-state index contributed by atoms with van der Waals surface area (Å²) in [4.78, 5) is 18.9. The van der Waals surface area contributed by atoms with Gasteiger partial charge < -0.3 is 0 Å². The first-order valence-electron chi connectivity index (χ1n) is 38.1. The first-order valence-corrected chi connectivity index (χ1v) is 46.5. The van der Waals surface area contributed by atoms with E-state index >= 15 is 4.89 Å². The van der Waals surface area contributed by atoms with Crippen LogP contribution in [0.25, 0.3) is 0 Å². The molecule has 0 aliphatic heterocycles. The maximum absolute atomic E-state index is 18.9. The Balaban J connectivity index is 15.9. The van der Waals surface area contributed by atoms with Crippen molar-refractivity contribution in [3.05, 3.63) is 0 Å². The molecule has 0 saturated carbocycles. The number of hydrogen-bond acceptors (Lipinski definition) is 5. The zero-order chi connectivity index (χ0) is 75.1. The van der Waals surface area contributed by atoms with Crippen LogP contribution in [0.5, 0.6) is 0 Å². The Morgan fingerprint density at radius 2 is 0.202 bits per heavy atom. The van der Waals surface area contributed by atoms with Crippen molar-refractivity contribution in [1.29, 1.82) is 0 Å². The molecule has 0 aromatic rings. The molecular formula is C72H169N16OP5. The van der Waals surface area contributed by atoms with E-state index in [9.17, 15) is 0 Å². The van der Waals surface area contributed by atoms with Crippen molar-refractivity contribution in [2.75, 3.05) is 0 Å². The molecule has 0 amide bonds. The minimum absolute atomic E-state index is 0.0694. The van der Waals surface area contributed by atoms with Crippen molar-refractivity contribution >= 4 is 37.5 Å². The van der Waals surface area contributed by atoms with Gasteiger partial charge in [-0.25, -0.2) is 0 Å². The first kappa shape index (κ1) is 94.8. The molecule has 0 spiro atoms. The van der Waals surface area contributed by atoms with E-state index in [1.165, 1.54) is 0 Å². The maximum atomic E-state index is 18.9. The van der Waals surface area contributed by atoms with Crippen molar-refractivity contribution in [1.82, 2.24) is 56.0 Å². The minimum atomic E-state index is -6.61. The third-order valence-corrected chi connectivity index (χ3v) is 45.0. The molecule has 0 aliphatic carbocycles. The summed E-state index contributed by atoms with van der Waals surface area (Å²) < 4.78 is 63.7. The molecule has 0 aromatic heterocycles. The summed E-state index contributed by atoms with van der Waals surface area (Å²) in [6.45, 7) is 115. The van der Waals surface area contributed by atoms with Crippen LogP contribution in [0, 0.1) is 0 Å². The summed E-state index contributed by atoms with van der Waals surface area (Å²) in [5.41, 5.74) is 0. The van der Waals surface area contributed by atoms with E-state index < -0.39 is 37.5 Å². The molecule has 0 saturated heterocycles. The fourth-order valence-electron chi connectivity index (χ4n) is 17.5. The van der Waals surface area contributed by atoms with Crippen LogP contribution >= 0.6 is 37.5 Å². The standard InChI is InChI=1S/C72H169N16OP5/c1-49(2)77(50(3)4)90(78(51(5)6)52(7)8,79(53(9)10)54(11)12)73-94(89,74-91(80(55(13)14)56(15)16,81(57(17)18)58(19)20)82(59(21)22)60(23)24,75-92(83(61(25)26)62(27)28,84(63(29)30)64(31)32)85(65(33)34)66(35)36)76-93(86(67(37)38)68(39)40,87(69(41)42)70(43)44)88(71(45)46)72(47)48/h49-72,89H,1-48H3. The summed E-state index contributed by atoms with van der Waals surface area (Å²) in [6, 6.07) is -1.67. The Kier molecular flexibility index (Phi) is 37.8. The van der Waals surface area contributed by atoms with E-state index in [-0.39, 0.29) is 145 Å². The van der Waals surface area contributed by atoms with Crippen LogP contribution in [0.1, 0.15) is 332 Å². The number of nitrogens with zero attached hydrogens (tertiary/aromatic N) is 16. The van der Waals surface area contributed by atoms with E-state index in [1.54, 1.807) is 0 Å². The second kappa shape index (κ2) is 37.5. The molecule has 0 aliphatic rings. The molecule has 0 radical (unpaired) electrons. The second-order valence-electron chi connectivity index (χ2n) is 34.2. The third-order valence-electron chi connectivity index (χ3n) is 17.5. The Bertz CT molecular complexity index is 1810. The van der Waals surface area contributed by atoms with Gasteiger partial charge in [-0.2, -0.15) is 0 Å². The van der Waals surface area contributed by atoms with Gasteiger partial charge in [0, 0.05) is 0 Å². The topological polar surface area (TPSA) is 109 Å². The molecular weight excluding hydrogens is 1260 g/mol. The summed E-state index contributed by atoms with van der Waals surface area (Å²) in [5.74, 6) is 0. The molecule has 0 heterocycles. The van der Waals surface area contributed by atoms with E-state index in [2.05, 4.69) is 388 Å². The monoisotopic (exact) mass is 1430 g/mol.